The Labute approximate surface area is 149 Å². The molecular weight excluding hydrogens is 344 g/mol. The maximum atomic E-state index is 12.1. The summed E-state index contributed by atoms with van der Waals surface area (Å²) in [4.78, 5) is 31.1. The quantitative estimate of drug-likeness (QED) is 0.631. The van der Waals surface area contributed by atoms with Gasteiger partial charge in [0.1, 0.15) is 0 Å². The van der Waals surface area contributed by atoms with E-state index in [0.29, 0.717) is 0 Å². The molecule has 24 heavy (non-hydrogen) atoms. The number of aryl methyl sites for hydroxylation is 3. The highest BCUT2D eigenvalue weighted by molar-refractivity contribution is 7.13. The number of amides is 1. The van der Waals surface area contributed by atoms with Crippen LogP contribution in [0, 0.1) is 20.8 Å². The highest BCUT2D eigenvalue weighted by atomic mass is 32.1. The van der Waals surface area contributed by atoms with E-state index in [4.69, 9.17) is 0 Å². The van der Waals surface area contributed by atoms with E-state index in [2.05, 4.69) is 35.0 Å². The monoisotopic (exact) mass is 364 g/mol. The number of thiophene rings is 1. The normalized spacial score (nSPS) is 11.0. The minimum atomic E-state index is -0.437. The summed E-state index contributed by atoms with van der Waals surface area (Å²) >= 11 is 3.28. The summed E-state index contributed by atoms with van der Waals surface area (Å²) in [5, 5.41) is 3.71. The smallest absolute Gasteiger partial charge is 0.330 e. The highest BCUT2D eigenvalue weighted by Crippen LogP contribution is 2.34. The van der Waals surface area contributed by atoms with Crippen LogP contribution in [0.3, 0.4) is 0 Å². The van der Waals surface area contributed by atoms with Crippen LogP contribution in [-0.4, -0.2) is 30.5 Å². The zero-order chi connectivity index (χ0) is 17.7. The summed E-state index contributed by atoms with van der Waals surface area (Å²) in [7, 11) is 1.31. The molecule has 2 rings (SSSR count). The molecule has 2 heterocycles. The maximum absolute atomic E-state index is 12.1. The van der Waals surface area contributed by atoms with Gasteiger partial charge in [0, 0.05) is 32.8 Å². The first-order valence-electron chi connectivity index (χ1n) is 7.45. The van der Waals surface area contributed by atoms with Crippen molar-refractivity contribution >= 4 is 34.6 Å². The molecule has 0 aliphatic heterocycles. The van der Waals surface area contributed by atoms with Crippen LogP contribution in [0.5, 0.6) is 0 Å². The van der Waals surface area contributed by atoms with Gasteiger partial charge in [0.2, 0.25) is 5.91 Å². The zero-order valence-corrected chi connectivity index (χ0v) is 15.8. The molecule has 7 heteroatoms. The lowest BCUT2D eigenvalue weighted by Gasteiger charge is -2.03. The second kappa shape index (κ2) is 8.21. The van der Waals surface area contributed by atoms with E-state index in [1.165, 1.54) is 22.9 Å². The van der Waals surface area contributed by atoms with Crippen LogP contribution in [0.2, 0.25) is 0 Å². The van der Waals surface area contributed by atoms with Crippen molar-refractivity contribution < 1.29 is 14.3 Å². The van der Waals surface area contributed by atoms with Crippen LogP contribution in [-0.2, 0) is 20.7 Å². The van der Waals surface area contributed by atoms with Gasteiger partial charge in [0.25, 0.3) is 0 Å². The van der Waals surface area contributed by atoms with Crippen molar-refractivity contribution in [1.82, 2.24) is 10.3 Å². The third kappa shape index (κ3) is 4.75. The first-order chi connectivity index (χ1) is 11.4. The third-order valence-corrected chi connectivity index (χ3v) is 5.23. The van der Waals surface area contributed by atoms with Crippen molar-refractivity contribution in [3.8, 4) is 11.3 Å². The molecule has 5 nitrogen and oxygen atoms in total. The lowest BCUT2D eigenvalue weighted by Crippen LogP contribution is -2.25. The molecule has 0 spiro atoms. The number of rotatable bonds is 6. The number of nitrogens with one attached hydrogen (secondary N) is 1. The average Bonchev–Trinajstić information content (AvgIpc) is 3.04. The fraction of sp³-hybridized carbons (Fsp3) is 0.353. The number of ether oxygens (including phenoxy) is 1. The Hall–Kier alpha value is -1.99. The van der Waals surface area contributed by atoms with Gasteiger partial charge >= 0.3 is 5.97 Å². The number of hydrogen-bond donors (Lipinski definition) is 1. The lowest BCUT2D eigenvalue weighted by atomic mass is 10.1. The zero-order valence-electron chi connectivity index (χ0n) is 14.1. The molecule has 1 amide bonds. The molecule has 0 unspecified atom stereocenters. The molecule has 2 aromatic rings. The molecule has 0 saturated carbocycles. The molecule has 0 bridgehead atoms. The van der Waals surface area contributed by atoms with Crippen molar-refractivity contribution in [2.24, 2.45) is 0 Å². The fourth-order valence-corrected chi connectivity index (χ4v) is 4.14. The molecule has 0 fully saturated rings. The van der Waals surface area contributed by atoms with Crippen LogP contribution >= 0.6 is 22.7 Å². The van der Waals surface area contributed by atoms with Gasteiger partial charge < -0.3 is 10.1 Å². The summed E-state index contributed by atoms with van der Waals surface area (Å²) in [6.07, 6.45) is 3.14. The molecule has 2 aromatic heterocycles. The number of nitrogens with zero attached hydrogens (tertiary/aromatic N) is 1. The predicted octanol–water partition coefficient (Wildman–Crippen LogP) is 3.18. The summed E-state index contributed by atoms with van der Waals surface area (Å²) in [5.74, 6) is -0.535. The average molecular weight is 364 g/mol. The van der Waals surface area contributed by atoms with Gasteiger partial charge in [-0.25, -0.2) is 9.78 Å². The first-order valence-corrected chi connectivity index (χ1v) is 9.09. The highest BCUT2D eigenvalue weighted by Gasteiger charge is 2.17. The third-order valence-electron chi connectivity index (χ3n) is 3.29. The van der Waals surface area contributed by atoms with Crippen LogP contribution in [0.15, 0.2) is 18.2 Å². The van der Waals surface area contributed by atoms with Gasteiger partial charge in [-0.3, -0.25) is 4.79 Å². The van der Waals surface area contributed by atoms with Crippen molar-refractivity contribution in [2.75, 3.05) is 13.7 Å². The molecule has 128 valence electrons. The summed E-state index contributed by atoms with van der Waals surface area (Å²) in [6.45, 7) is 6.38. The largest absolute Gasteiger partial charge is 0.466 e. The minimum Gasteiger partial charge on any atom is -0.466 e. The maximum Gasteiger partial charge on any atom is 0.330 e. The second-order valence-electron chi connectivity index (χ2n) is 5.24. The predicted molar refractivity (Wildman–Crippen MR) is 97.5 cm³/mol. The van der Waals surface area contributed by atoms with E-state index in [1.54, 1.807) is 28.7 Å². The van der Waals surface area contributed by atoms with Gasteiger partial charge in [0.05, 0.1) is 24.2 Å². The van der Waals surface area contributed by atoms with Crippen molar-refractivity contribution in [3.63, 3.8) is 0 Å². The molecular formula is C17H20N2O3S2. The van der Waals surface area contributed by atoms with E-state index in [9.17, 15) is 9.59 Å². The van der Waals surface area contributed by atoms with Gasteiger partial charge in [-0.2, -0.15) is 0 Å². The minimum absolute atomic E-state index is 0.0981. The summed E-state index contributed by atoms with van der Waals surface area (Å²) < 4.78 is 4.49. The number of aromatic nitrogens is 1. The molecule has 0 aromatic carbocycles. The first kappa shape index (κ1) is 18.4. The standard InChI is InChI=1S/C17H20N2O3S2/c1-10-8-13(11(2)23-10)17-14(24-12(3)19-17)9-15(20)18-7-5-6-16(21)22-4/h5-6,8H,7,9H2,1-4H3,(H,18,20)/b6-5+. The number of thiazole rings is 1. The number of methoxy groups -OCH3 is 1. The topological polar surface area (TPSA) is 68.3 Å². The Morgan fingerprint density at radius 1 is 1.29 bits per heavy atom. The van der Waals surface area contributed by atoms with Crippen LogP contribution in [0.25, 0.3) is 11.3 Å². The molecule has 0 aliphatic rings. The lowest BCUT2D eigenvalue weighted by molar-refractivity contribution is -0.134. The Kier molecular flexibility index (Phi) is 6.28. The van der Waals surface area contributed by atoms with Gasteiger partial charge in [-0.15, -0.1) is 22.7 Å². The van der Waals surface area contributed by atoms with Gasteiger partial charge in [-0.1, -0.05) is 6.08 Å². The van der Waals surface area contributed by atoms with Crippen molar-refractivity contribution in [1.29, 1.82) is 0 Å². The van der Waals surface area contributed by atoms with Crippen LogP contribution in [0.4, 0.5) is 0 Å². The van der Waals surface area contributed by atoms with Crippen LogP contribution < -0.4 is 5.32 Å². The van der Waals surface area contributed by atoms with E-state index in [1.807, 2.05) is 6.92 Å². The molecule has 0 saturated heterocycles. The SMILES string of the molecule is COC(=O)/C=C/CNC(=O)Cc1sc(C)nc1-c1cc(C)sc1C. The van der Waals surface area contributed by atoms with E-state index in [0.717, 1.165) is 21.1 Å². The van der Waals surface area contributed by atoms with Crippen molar-refractivity contribution in [3.05, 3.63) is 37.9 Å². The Morgan fingerprint density at radius 2 is 2.04 bits per heavy atom. The molecule has 0 aliphatic carbocycles. The summed E-state index contributed by atoms with van der Waals surface area (Å²) in [6, 6.07) is 2.12. The van der Waals surface area contributed by atoms with E-state index in [-0.39, 0.29) is 18.9 Å². The Morgan fingerprint density at radius 3 is 2.67 bits per heavy atom. The summed E-state index contributed by atoms with van der Waals surface area (Å²) in [5.41, 5.74) is 2.01. The number of carbonyl (C=O) groups excluding carboxylic acids is 2. The van der Waals surface area contributed by atoms with Gasteiger partial charge in [0.15, 0.2) is 0 Å². The number of hydrogen-bond acceptors (Lipinski definition) is 6. The fourth-order valence-electron chi connectivity index (χ4n) is 2.27. The van der Waals surface area contributed by atoms with E-state index < -0.39 is 5.97 Å². The van der Waals surface area contributed by atoms with Crippen LogP contribution in [0.1, 0.15) is 19.6 Å². The van der Waals surface area contributed by atoms with Gasteiger partial charge in [-0.05, 0) is 26.8 Å². The Balaban J connectivity index is 2.05. The second-order valence-corrected chi connectivity index (χ2v) is 7.99. The molecule has 0 radical (unpaired) electrons. The molecule has 1 N–H and O–H groups in total. The molecule has 0 atom stereocenters. The number of esters is 1. The van der Waals surface area contributed by atoms with E-state index >= 15 is 0 Å². The number of carbonyl (C=O) groups is 2. The Bertz CT molecular complexity index is 775. The van der Waals surface area contributed by atoms with Crippen molar-refractivity contribution in [2.45, 2.75) is 27.2 Å².